The van der Waals surface area contributed by atoms with Crippen LogP contribution in [0.2, 0.25) is 0 Å². The van der Waals surface area contributed by atoms with Gasteiger partial charge in [-0.2, -0.15) is 0 Å². The van der Waals surface area contributed by atoms with Crippen molar-refractivity contribution in [1.29, 1.82) is 0 Å². The molecule has 0 aromatic heterocycles. The maximum Gasteiger partial charge on any atom is 0.122 e. The highest BCUT2D eigenvalue weighted by Gasteiger charge is 2.22. The van der Waals surface area contributed by atoms with Crippen molar-refractivity contribution in [3.05, 3.63) is 58.1 Å². The third kappa shape index (κ3) is 5.41. The van der Waals surface area contributed by atoms with E-state index in [0.717, 1.165) is 17.7 Å². The Morgan fingerprint density at radius 3 is 2.38 bits per heavy atom. The van der Waals surface area contributed by atoms with E-state index in [1.165, 1.54) is 54.3 Å². The molecule has 0 amide bonds. The van der Waals surface area contributed by atoms with Crippen LogP contribution in [0.1, 0.15) is 80.4 Å². The summed E-state index contributed by atoms with van der Waals surface area (Å²) in [5.41, 5.74) is 6.63. The summed E-state index contributed by atoms with van der Waals surface area (Å²) in [6, 6.07) is 11.1. The van der Waals surface area contributed by atoms with Gasteiger partial charge in [0, 0.05) is 17.8 Å². The summed E-state index contributed by atoms with van der Waals surface area (Å²) in [5, 5.41) is 12.3. The van der Waals surface area contributed by atoms with Crippen LogP contribution in [0.15, 0.2) is 30.3 Å². The fourth-order valence-corrected chi connectivity index (χ4v) is 5.76. The molecule has 3 heteroatoms. The average Bonchev–Trinajstić information content (AvgIpc) is 2.66. The molecule has 2 aromatic rings. The summed E-state index contributed by atoms with van der Waals surface area (Å²) in [5.74, 6) is 0.476. The Labute approximate surface area is 179 Å². The van der Waals surface area contributed by atoms with Crippen molar-refractivity contribution in [2.45, 2.75) is 78.4 Å². The van der Waals surface area contributed by atoms with E-state index in [4.69, 9.17) is 0 Å². The fraction of sp³-hybridized carbons (Fsp3) is 0.538. The molecule has 1 aliphatic rings. The van der Waals surface area contributed by atoms with Crippen LogP contribution in [0.3, 0.4) is 0 Å². The van der Waals surface area contributed by atoms with Gasteiger partial charge in [-0.05, 0) is 72.8 Å². The van der Waals surface area contributed by atoms with Crippen LogP contribution >= 0.6 is 8.58 Å². The Hall–Kier alpha value is -1.37. The molecule has 0 bridgehead atoms. The van der Waals surface area contributed by atoms with Gasteiger partial charge in [0.15, 0.2) is 0 Å². The molecule has 2 nitrogen and oxygen atoms in total. The molecule has 2 aromatic carbocycles. The molecule has 0 aliphatic carbocycles. The topological polar surface area (TPSA) is 23.5 Å². The van der Waals surface area contributed by atoms with Crippen molar-refractivity contribution in [3.8, 4) is 5.75 Å². The molecule has 29 heavy (non-hydrogen) atoms. The van der Waals surface area contributed by atoms with Crippen LogP contribution in [0.25, 0.3) is 0 Å². The van der Waals surface area contributed by atoms with E-state index < -0.39 is 0 Å². The highest BCUT2D eigenvalue weighted by molar-refractivity contribution is 7.47. The number of phenolic OH excluding ortho intramolecular Hbond substituents is 1. The highest BCUT2D eigenvalue weighted by atomic mass is 31.1. The van der Waals surface area contributed by atoms with Crippen LogP contribution in [-0.2, 0) is 12.0 Å². The van der Waals surface area contributed by atoms with Gasteiger partial charge < -0.3 is 5.11 Å². The van der Waals surface area contributed by atoms with Crippen molar-refractivity contribution >= 4 is 13.9 Å². The normalized spacial score (nSPS) is 17.2. The first-order chi connectivity index (χ1) is 13.7. The zero-order chi connectivity index (χ0) is 21.2. The van der Waals surface area contributed by atoms with E-state index >= 15 is 0 Å². The highest BCUT2D eigenvalue weighted by Crippen LogP contribution is 2.42. The molecule has 0 saturated carbocycles. The molecule has 0 radical (unpaired) electrons. The Morgan fingerprint density at radius 1 is 1.03 bits per heavy atom. The maximum absolute atomic E-state index is 10.8. The lowest BCUT2D eigenvalue weighted by Gasteiger charge is -2.28. The third-order valence-corrected chi connectivity index (χ3v) is 7.97. The van der Waals surface area contributed by atoms with Crippen LogP contribution in [0, 0.1) is 13.8 Å². The summed E-state index contributed by atoms with van der Waals surface area (Å²) in [7, 11) is 0.660. The van der Waals surface area contributed by atoms with E-state index in [0.29, 0.717) is 20.0 Å². The summed E-state index contributed by atoms with van der Waals surface area (Å²) in [4.78, 5) is 2.61. The van der Waals surface area contributed by atoms with Gasteiger partial charge in [-0.1, -0.05) is 73.0 Å². The van der Waals surface area contributed by atoms with Crippen molar-refractivity contribution in [3.63, 3.8) is 0 Å². The number of hydrogen-bond acceptors (Lipinski definition) is 2. The van der Waals surface area contributed by atoms with Crippen LogP contribution in [0.5, 0.6) is 5.75 Å². The number of rotatable bonds is 5. The largest absolute Gasteiger partial charge is 0.507 e. The van der Waals surface area contributed by atoms with Gasteiger partial charge in [0.25, 0.3) is 0 Å². The second kappa shape index (κ2) is 9.19. The predicted octanol–water partition coefficient (Wildman–Crippen LogP) is 6.36. The molecule has 1 fully saturated rings. The maximum atomic E-state index is 10.8. The van der Waals surface area contributed by atoms with Crippen molar-refractivity contribution in [1.82, 2.24) is 4.90 Å². The van der Waals surface area contributed by atoms with Crippen LogP contribution in [0.4, 0.5) is 0 Å². The van der Waals surface area contributed by atoms with Gasteiger partial charge in [0.2, 0.25) is 0 Å². The number of aryl methyl sites for hydroxylation is 2. The molecule has 0 spiro atoms. The molecule has 3 rings (SSSR count). The molecular weight excluding hydrogens is 373 g/mol. The van der Waals surface area contributed by atoms with Gasteiger partial charge in [-0.15, -0.1) is 0 Å². The number of likely N-dealkylation sites (tertiary alicyclic amines) is 1. The molecule has 1 saturated heterocycles. The second-order valence-electron chi connectivity index (χ2n) is 9.79. The van der Waals surface area contributed by atoms with Crippen molar-refractivity contribution in [2.24, 2.45) is 0 Å². The van der Waals surface area contributed by atoms with E-state index in [1.54, 1.807) is 0 Å². The molecule has 2 atom stereocenters. The van der Waals surface area contributed by atoms with Gasteiger partial charge in [0.1, 0.15) is 5.75 Å². The first-order valence-electron chi connectivity index (χ1n) is 11.1. The minimum atomic E-state index is 0.0815. The Morgan fingerprint density at radius 2 is 1.72 bits per heavy atom. The van der Waals surface area contributed by atoms with Gasteiger partial charge in [0.05, 0.1) is 0 Å². The Bertz CT molecular complexity index is 847. The summed E-state index contributed by atoms with van der Waals surface area (Å²) in [6.07, 6.45) is 4.03. The van der Waals surface area contributed by atoms with Crippen molar-refractivity contribution in [2.75, 3.05) is 13.1 Å². The molecular formula is C26H38NOP. The fourth-order valence-electron chi connectivity index (χ4n) is 4.29. The van der Waals surface area contributed by atoms with Gasteiger partial charge in [-0.25, -0.2) is 0 Å². The van der Waals surface area contributed by atoms with Crippen LogP contribution < -0.4 is 5.30 Å². The number of aromatic hydroxyl groups is 1. The van der Waals surface area contributed by atoms with E-state index in [1.807, 2.05) is 6.92 Å². The first kappa shape index (κ1) is 22.3. The zero-order valence-corrected chi connectivity index (χ0v) is 20.1. The summed E-state index contributed by atoms with van der Waals surface area (Å²) < 4.78 is 0. The lowest BCUT2D eigenvalue weighted by Crippen LogP contribution is -2.31. The van der Waals surface area contributed by atoms with E-state index in [9.17, 15) is 5.11 Å². The minimum absolute atomic E-state index is 0.0815. The zero-order valence-electron chi connectivity index (χ0n) is 19.1. The SMILES string of the molecule is Cc1cc(C(C)(C)C)cc(C(C)Pc2c(C)cccc2CN2CCCCC2)c1O. The lowest BCUT2D eigenvalue weighted by molar-refractivity contribution is 0.221. The Balaban J connectivity index is 1.89. The third-order valence-electron chi connectivity index (χ3n) is 6.23. The van der Waals surface area contributed by atoms with Crippen molar-refractivity contribution < 1.29 is 5.11 Å². The minimum Gasteiger partial charge on any atom is -0.507 e. The summed E-state index contributed by atoms with van der Waals surface area (Å²) in [6.45, 7) is 16.8. The van der Waals surface area contributed by atoms with Gasteiger partial charge in [-0.3, -0.25) is 4.90 Å². The van der Waals surface area contributed by atoms with E-state index in [-0.39, 0.29) is 5.41 Å². The lowest BCUT2D eigenvalue weighted by atomic mass is 9.84. The van der Waals surface area contributed by atoms with E-state index in [2.05, 4.69) is 69.9 Å². The molecule has 1 aliphatic heterocycles. The molecule has 2 unspecified atom stereocenters. The number of benzene rings is 2. The molecule has 1 heterocycles. The smallest absolute Gasteiger partial charge is 0.122 e. The van der Waals surface area contributed by atoms with Gasteiger partial charge >= 0.3 is 0 Å². The second-order valence-corrected chi connectivity index (χ2v) is 11.4. The standard InChI is InChI=1S/C26H38NOP/c1-18-11-10-12-21(17-27-13-8-7-9-14-27)25(18)29-20(3)23-16-22(26(4,5)6)15-19(2)24(23)28/h10-12,15-16,20,28-29H,7-9,13-14,17H2,1-6H3. The van der Waals surface area contributed by atoms with Crippen LogP contribution in [-0.4, -0.2) is 23.1 Å². The number of phenols is 1. The quantitative estimate of drug-likeness (QED) is 0.579. The first-order valence-corrected chi connectivity index (χ1v) is 12.2. The monoisotopic (exact) mass is 411 g/mol. The summed E-state index contributed by atoms with van der Waals surface area (Å²) >= 11 is 0. The predicted molar refractivity (Wildman–Crippen MR) is 128 cm³/mol. The average molecular weight is 412 g/mol. The Kier molecular flexibility index (Phi) is 7.07. The number of hydrogen-bond donors (Lipinski definition) is 1. The molecule has 1 N–H and O–H groups in total. The number of piperidine rings is 1. The number of nitrogens with zero attached hydrogens (tertiary/aromatic N) is 1. The molecule has 158 valence electrons.